The second-order valence-corrected chi connectivity index (χ2v) is 20.1. The number of rotatable bonds is 4. The fourth-order valence-electron chi connectivity index (χ4n) is 7.70. The molecule has 0 radical (unpaired) electrons. The molecule has 4 aliphatic rings. The van der Waals surface area contributed by atoms with Crippen molar-refractivity contribution in [2.45, 2.75) is 128 Å². The summed E-state index contributed by atoms with van der Waals surface area (Å²) in [4.78, 5) is 0. The summed E-state index contributed by atoms with van der Waals surface area (Å²) in [6, 6.07) is 5.27. The van der Waals surface area contributed by atoms with Crippen molar-refractivity contribution in [2.24, 2.45) is 5.41 Å². The number of hydrogen-bond acceptors (Lipinski definition) is 4. The maximum atomic E-state index is 14.6. The van der Waals surface area contributed by atoms with E-state index < -0.39 is 31.8 Å². The average Bonchev–Trinajstić information content (AvgIpc) is 3.20. The van der Waals surface area contributed by atoms with Crippen LogP contribution in [-0.2, 0) is 32.1 Å². The number of nitrogens with zero attached hydrogens (tertiary/aromatic N) is 1. The molecule has 3 heterocycles. The molecule has 1 aromatic carbocycles. The first-order valence-electron chi connectivity index (χ1n) is 15.9. The zero-order valence-corrected chi connectivity index (χ0v) is 27.6. The van der Waals surface area contributed by atoms with Gasteiger partial charge >= 0.3 is 6.18 Å². The first-order chi connectivity index (χ1) is 20.0. The smallest absolute Gasteiger partial charge is 0.416 e. The van der Waals surface area contributed by atoms with Crippen molar-refractivity contribution < 1.29 is 31.8 Å². The lowest BCUT2D eigenvalue weighted by molar-refractivity contribution is -0.626. The summed E-state index contributed by atoms with van der Waals surface area (Å²) >= 11 is 0. The Labute approximate surface area is 254 Å². The predicted molar refractivity (Wildman–Crippen MR) is 161 cm³/mol. The van der Waals surface area contributed by atoms with E-state index in [1.165, 1.54) is 23.3 Å². The van der Waals surface area contributed by atoms with Crippen molar-refractivity contribution in [1.82, 2.24) is 0 Å². The highest BCUT2D eigenvalue weighted by Crippen LogP contribution is 2.61. The van der Waals surface area contributed by atoms with Crippen LogP contribution in [0.25, 0.3) is 0 Å². The molecule has 2 aliphatic carbocycles. The molecule has 9 heteroatoms. The molecule has 2 spiro atoms. The minimum absolute atomic E-state index is 0.0124. The van der Waals surface area contributed by atoms with Crippen LogP contribution in [0.15, 0.2) is 24.3 Å². The summed E-state index contributed by atoms with van der Waals surface area (Å²) in [5.41, 5.74) is 3.69. The monoisotopic (exact) mass is 617 g/mol. The lowest BCUT2D eigenvalue weighted by Gasteiger charge is -2.50. The molecule has 2 atom stereocenters. The second kappa shape index (κ2) is 10.3. The average molecular weight is 618 g/mol. The van der Waals surface area contributed by atoms with Crippen molar-refractivity contribution in [3.63, 3.8) is 0 Å². The van der Waals surface area contributed by atoms with Gasteiger partial charge in [0.2, 0.25) is 5.69 Å². The molecule has 43 heavy (non-hydrogen) atoms. The lowest BCUT2D eigenvalue weighted by atomic mass is 9.58. The third-order valence-corrected chi connectivity index (χ3v) is 15.7. The Hall–Kier alpha value is -1.94. The highest BCUT2D eigenvalue weighted by atomic mass is 28.4. The van der Waals surface area contributed by atoms with E-state index in [2.05, 4.69) is 33.9 Å². The van der Waals surface area contributed by atoms with Crippen molar-refractivity contribution >= 4 is 8.32 Å². The van der Waals surface area contributed by atoms with E-state index in [-0.39, 0.29) is 22.5 Å². The molecule has 0 N–H and O–H groups in total. The van der Waals surface area contributed by atoms with Crippen LogP contribution in [0, 0.1) is 10.6 Å². The lowest BCUT2D eigenvalue weighted by Crippen LogP contribution is -2.51. The standard InChI is InChI=1S/C34H46F3NO4Si/c1-21(2)29-27-28(33(15-17-40-18-16-33)41-30(27)22-9-11-23(12-10-22)34(35,36)37)26-24(38(29)39)19-32(13-8-14-32)20-25(26)42-43(6,7)31(3,4)5/h9-12,21,25,30H,8,13-20H2,1-7H3/t25?,30-/m1/s1. The van der Waals surface area contributed by atoms with Gasteiger partial charge in [-0.05, 0) is 60.5 Å². The molecule has 1 aromatic heterocycles. The first-order valence-corrected chi connectivity index (χ1v) is 18.8. The van der Waals surface area contributed by atoms with E-state index in [1.54, 1.807) is 0 Å². The Morgan fingerprint density at radius 2 is 1.63 bits per heavy atom. The van der Waals surface area contributed by atoms with Crippen LogP contribution in [0.5, 0.6) is 0 Å². The van der Waals surface area contributed by atoms with Gasteiger partial charge in [0.25, 0.3) is 0 Å². The molecule has 2 fully saturated rings. The minimum atomic E-state index is -4.43. The van der Waals surface area contributed by atoms with Crippen LogP contribution in [0.1, 0.15) is 130 Å². The topological polar surface area (TPSA) is 54.6 Å². The van der Waals surface area contributed by atoms with Crippen molar-refractivity contribution in [2.75, 3.05) is 13.2 Å². The summed E-state index contributed by atoms with van der Waals surface area (Å²) < 4.78 is 61.8. The van der Waals surface area contributed by atoms with Gasteiger partial charge in [0.1, 0.15) is 6.10 Å². The molecule has 0 bridgehead atoms. The molecule has 1 unspecified atom stereocenters. The van der Waals surface area contributed by atoms with Gasteiger partial charge in [0.05, 0.1) is 28.4 Å². The highest BCUT2D eigenvalue weighted by Gasteiger charge is 2.58. The summed E-state index contributed by atoms with van der Waals surface area (Å²) in [5.74, 6) is -0.105. The van der Waals surface area contributed by atoms with Crippen LogP contribution in [0.3, 0.4) is 0 Å². The molecule has 2 aromatic rings. The number of halogens is 3. The van der Waals surface area contributed by atoms with Crippen LogP contribution < -0.4 is 4.73 Å². The summed E-state index contributed by atoms with van der Waals surface area (Å²) in [6.45, 7) is 16.4. The van der Waals surface area contributed by atoms with E-state index in [1.807, 2.05) is 13.8 Å². The second-order valence-electron chi connectivity index (χ2n) is 15.3. The Morgan fingerprint density at radius 1 is 1.00 bits per heavy atom. The third-order valence-electron chi connectivity index (χ3n) is 11.2. The Balaban J connectivity index is 1.61. The molecule has 6 rings (SSSR count). The fourth-order valence-corrected chi connectivity index (χ4v) is 8.97. The predicted octanol–water partition coefficient (Wildman–Crippen LogP) is 8.77. The fraction of sp³-hybridized carbons (Fsp3) is 0.676. The summed E-state index contributed by atoms with van der Waals surface area (Å²) in [7, 11) is -2.25. The van der Waals surface area contributed by atoms with Gasteiger partial charge < -0.3 is 19.1 Å². The maximum Gasteiger partial charge on any atom is 0.416 e. The first kappa shape index (κ1) is 31.1. The normalized spacial score (nSPS) is 24.7. The van der Waals surface area contributed by atoms with Crippen LogP contribution in [-0.4, -0.2) is 21.5 Å². The van der Waals surface area contributed by atoms with Gasteiger partial charge in [-0.25, -0.2) is 0 Å². The van der Waals surface area contributed by atoms with Crippen LogP contribution in [0.2, 0.25) is 18.1 Å². The maximum absolute atomic E-state index is 14.6. The van der Waals surface area contributed by atoms with Crippen LogP contribution >= 0.6 is 0 Å². The SMILES string of the molecule is CC(C)c1c2c(c3c([n+]1[O-])CC1(CCC1)CC3O[Si](C)(C)C(C)(C)C)C1(CCOCC1)O[C@@H]2c1ccc(C(F)(F)F)cc1. The summed E-state index contributed by atoms with van der Waals surface area (Å²) in [6.07, 6.45) is 0.934. The number of alkyl halides is 3. The molecule has 2 aliphatic heterocycles. The molecule has 236 valence electrons. The summed E-state index contributed by atoms with van der Waals surface area (Å²) in [5, 5.41) is 14.6. The van der Waals surface area contributed by atoms with E-state index in [0.29, 0.717) is 37.3 Å². The van der Waals surface area contributed by atoms with E-state index in [0.717, 1.165) is 60.2 Å². The molecular weight excluding hydrogens is 571 g/mol. The van der Waals surface area contributed by atoms with E-state index >= 15 is 0 Å². The highest BCUT2D eigenvalue weighted by molar-refractivity contribution is 6.74. The zero-order valence-electron chi connectivity index (χ0n) is 26.6. The number of pyridine rings is 1. The quantitative estimate of drug-likeness (QED) is 0.196. The molecular formula is C34H46F3NO4Si. The van der Waals surface area contributed by atoms with Gasteiger partial charge in [-0.2, -0.15) is 17.9 Å². The number of benzene rings is 1. The Kier molecular flexibility index (Phi) is 7.43. The number of fused-ring (bicyclic) bond motifs is 4. The number of ether oxygens (including phenoxy) is 2. The van der Waals surface area contributed by atoms with Gasteiger partial charge in [0.15, 0.2) is 14.0 Å². The van der Waals surface area contributed by atoms with Crippen molar-refractivity contribution in [3.8, 4) is 0 Å². The number of hydrogen-bond donors (Lipinski definition) is 0. The van der Waals surface area contributed by atoms with Crippen LogP contribution in [0.4, 0.5) is 13.2 Å². The van der Waals surface area contributed by atoms with Gasteiger partial charge in [-0.15, -0.1) is 0 Å². The Morgan fingerprint density at radius 3 is 2.14 bits per heavy atom. The van der Waals surface area contributed by atoms with E-state index in [4.69, 9.17) is 13.9 Å². The van der Waals surface area contributed by atoms with Gasteiger partial charge in [0, 0.05) is 44.0 Å². The van der Waals surface area contributed by atoms with E-state index in [9.17, 15) is 18.4 Å². The van der Waals surface area contributed by atoms with Crippen molar-refractivity contribution in [3.05, 3.63) is 68.7 Å². The number of aromatic nitrogens is 1. The molecule has 1 saturated carbocycles. The minimum Gasteiger partial charge on any atom is -0.618 e. The van der Waals surface area contributed by atoms with Crippen molar-refractivity contribution in [1.29, 1.82) is 0 Å². The molecule has 0 amide bonds. The third kappa shape index (κ3) is 5.06. The molecule has 1 saturated heterocycles. The van der Waals surface area contributed by atoms with Gasteiger partial charge in [-0.1, -0.05) is 53.2 Å². The van der Waals surface area contributed by atoms with Gasteiger partial charge in [-0.3, -0.25) is 0 Å². The zero-order chi connectivity index (χ0) is 31.2. The Bertz CT molecular complexity index is 1390. The largest absolute Gasteiger partial charge is 0.618 e. The molecule has 5 nitrogen and oxygen atoms in total.